The molecule has 0 aliphatic carbocycles. The van der Waals surface area contributed by atoms with E-state index in [1.165, 1.54) is 5.56 Å². The number of halogens is 1. The number of amides is 1. The molecule has 0 aliphatic heterocycles. The molecule has 1 N–H and O–H groups in total. The van der Waals surface area contributed by atoms with Gasteiger partial charge in [-0.05, 0) is 56.7 Å². The van der Waals surface area contributed by atoms with Crippen LogP contribution in [0.1, 0.15) is 31.9 Å². The lowest BCUT2D eigenvalue weighted by Gasteiger charge is -2.20. The molecule has 0 fully saturated rings. The van der Waals surface area contributed by atoms with E-state index in [-0.39, 0.29) is 17.9 Å². The van der Waals surface area contributed by atoms with Gasteiger partial charge < -0.3 is 9.47 Å². The first-order valence-electron chi connectivity index (χ1n) is 8.18. The normalized spacial score (nSPS) is 11.4. The van der Waals surface area contributed by atoms with Crippen molar-refractivity contribution in [3.8, 4) is 11.5 Å². The largest absolute Gasteiger partial charge is 0.497 e. The molecule has 0 atom stereocenters. The second-order valence-electron chi connectivity index (χ2n) is 6.75. The molecule has 0 spiro atoms. The Hall–Kier alpha value is -2.34. The molecule has 0 unspecified atom stereocenters. The SMILES string of the molecule is COc1cccc(/C=N/NC(=O)COc2ccc(C(C)(C)C)cc2Br)c1. The minimum Gasteiger partial charge on any atom is -0.497 e. The first-order valence-corrected chi connectivity index (χ1v) is 8.97. The summed E-state index contributed by atoms with van der Waals surface area (Å²) in [5.41, 5.74) is 4.50. The van der Waals surface area contributed by atoms with E-state index in [9.17, 15) is 4.79 Å². The predicted octanol–water partition coefficient (Wildman–Crippen LogP) is 4.28. The first-order chi connectivity index (χ1) is 12.3. The third-order valence-electron chi connectivity index (χ3n) is 3.65. The molecule has 5 nitrogen and oxygen atoms in total. The lowest BCUT2D eigenvalue weighted by Crippen LogP contribution is -2.24. The number of rotatable bonds is 6. The first kappa shape index (κ1) is 20.0. The third kappa shape index (κ3) is 5.88. The fraction of sp³-hybridized carbons (Fsp3) is 0.300. The predicted molar refractivity (Wildman–Crippen MR) is 107 cm³/mol. The van der Waals surface area contributed by atoms with E-state index in [2.05, 4.69) is 47.2 Å². The number of nitrogens with zero attached hydrogens (tertiary/aromatic N) is 1. The highest BCUT2D eigenvalue weighted by Crippen LogP contribution is 2.31. The molecule has 1 amide bonds. The van der Waals surface area contributed by atoms with Crippen LogP contribution in [0.4, 0.5) is 0 Å². The summed E-state index contributed by atoms with van der Waals surface area (Å²) in [4.78, 5) is 11.9. The number of carbonyl (C=O) groups excluding carboxylic acids is 1. The molecule has 6 heteroatoms. The lowest BCUT2D eigenvalue weighted by atomic mass is 9.87. The highest BCUT2D eigenvalue weighted by Gasteiger charge is 2.15. The van der Waals surface area contributed by atoms with E-state index in [1.807, 2.05) is 42.5 Å². The number of methoxy groups -OCH3 is 1. The third-order valence-corrected chi connectivity index (χ3v) is 4.27. The average molecular weight is 419 g/mol. The molecule has 0 radical (unpaired) electrons. The highest BCUT2D eigenvalue weighted by atomic mass is 79.9. The van der Waals surface area contributed by atoms with Gasteiger partial charge in [-0.2, -0.15) is 5.10 Å². The van der Waals surface area contributed by atoms with Gasteiger partial charge in [-0.1, -0.05) is 39.0 Å². The van der Waals surface area contributed by atoms with Crippen LogP contribution in [-0.2, 0) is 10.2 Å². The summed E-state index contributed by atoms with van der Waals surface area (Å²) in [5, 5.41) is 3.93. The van der Waals surface area contributed by atoms with Crippen molar-refractivity contribution in [1.29, 1.82) is 0 Å². The summed E-state index contributed by atoms with van der Waals surface area (Å²) >= 11 is 3.49. The highest BCUT2D eigenvalue weighted by molar-refractivity contribution is 9.10. The van der Waals surface area contributed by atoms with Gasteiger partial charge in [-0.25, -0.2) is 5.43 Å². The molecule has 0 heterocycles. The van der Waals surface area contributed by atoms with Gasteiger partial charge in [0.25, 0.3) is 5.91 Å². The maximum atomic E-state index is 11.9. The van der Waals surface area contributed by atoms with Crippen LogP contribution in [0.2, 0.25) is 0 Å². The van der Waals surface area contributed by atoms with Crippen LogP contribution in [0.5, 0.6) is 11.5 Å². The molecule has 0 aliphatic rings. The molecule has 0 bridgehead atoms. The summed E-state index contributed by atoms with van der Waals surface area (Å²) in [6, 6.07) is 13.2. The summed E-state index contributed by atoms with van der Waals surface area (Å²) in [6.07, 6.45) is 1.55. The molecular formula is C20H23BrN2O3. The molecule has 2 aromatic rings. The van der Waals surface area contributed by atoms with E-state index in [4.69, 9.17) is 9.47 Å². The Bertz CT molecular complexity index is 798. The lowest BCUT2D eigenvalue weighted by molar-refractivity contribution is -0.123. The van der Waals surface area contributed by atoms with Gasteiger partial charge in [-0.3, -0.25) is 4.79 Å². The summed E-state index contributed by atoms with van der Waals surface area (Å²) in [7, 11) is 1.60. The zero-order valence-corrected chi connectivity index (χ0v) is 17.0. The Morgan fingerprint density at radius 2 is 2.00 bits per heavy atom. The Labute approximate surface area is 162 Å². The number of benzene rings is 2. The van der Waals surface area contributed by atoms with E-state index in [1.54, 1.807) is 13.3 Å². The molecule has 26 heavy (non-hydrogen) atoms. The van der Waals surface area contributed by atoms with Crippen LogP contribution in [0.15, 0.2) is 52.0 Å². The molecular weight excluding hydrogens is 396 g/mol. The quantitative estimate of drug-likeness (QED) is 0.562. The molecule has 0 aromatic heterocycles. The van der Waals surface area contributed by atoms with Crippen LogP contribution >= 0.6 is 15.9 Å². The summed E-state index contributed by atoms with van der Waals surface area (Å²) in [6.45, 7) is 6.30. The number of nitrogens with one attached hydrogen (secondary N) is 1. The Morgan fingerprint density at radius 1 is 1.23 bits per heavy atom. The van der Waals surface area contributed by atoms with Crippen molar-refractivity contribution in [2.75, 3.05) is 13.7 Å². The van der Waals surface area contributed by atoms with Crippen molar-refractivity contribution in [3.63, 3.8) is 0 Å². The van der Waals surface area contributed by atoms with E-state index >= 15 is 0 Å². The number of hydrogen-bond acceptors (Lipinski definition) is 4. The Kier molecular flexibility index (Phi) is 6.80. The fourth-order valence-corrected chi connectivity index (χ4v) is 2.65. The van der Waals surface area contributed by atoms with Gasteiger partial charge in [-0.15, -0.1) is 0 Å². The fourth-order valence-electron chi connectivity index (χ4n) is 2.16. The standard InChI is InChI=1S/C20H23BrN2O3/c1-20(2,3)15-8-9-18(17(21)11-15)26-13-19(24)23-22-12-14-6-5-7-16(10-14)25-4/h5-12H,13H2,1-4H3,(H,23,24)/b22-12+. The van der Waals surface area contributed by atoms with Gasteiger partial charge in [0.15, 0.2) is 6.61 Å². The Balaban J connectivity index is 1.88. The van der Waals surface area contributed by atoms with Crippen molar-refractivity contribution >= 4 is 28.1 Å². The van der Waals surface area contributed by atoms with E-state index in [0.29, 0.717) is 5.75 Å². The Morgan fingerprint density at radius 3 is 2.65 bits per heavy atom. The summed E-state index contributed by atoms with van der Waals surface area (Å²) < 4.78 is 11.5. The van der Waals surface area contributed by atoms with Gasteiger partial charge in [0.1, 0.15) is 11.5 Å². The van der Waals surface area contributed by atoms with Gasteiger partial charge in [0.05, 0.1) is 17.8 Å². The zero-order valence-electron chi connectivity index (χ0n) is 15.4. The van der Waals surface area contributed by atoms with Gasteiger partial charge in [0, 0.05) is 0 Å². The maximum absolute atomic E-state index is 11.9. The smallest absolute Gasteiger partial charge is 0.277 e. The number of ether oxygens (including phenoxy) is 2. The minimum absolute atomic E-state index is 0.0489. The van der Waals surface area contributed by atoms with Crippen molar-refractivity contribution in [2.24, 2.45) is 5.10 Å². The second kappa shape index (κ2) is 8.85. The summed E-state index contributed by atoms with van der Waals surface area (Å²) in [5.74, 6) is 1.01. The molecule has 138 valence electrons. The number of carbonyl (C=O) groups is 1. The topological polar surface area (TPSA) is 59.9 Å². The van der Waals surface area contributed by atoms with E-state index < -0.39 is 0 Å². The van der Waals surface area contributed by atoms with E-state index in [0.717, 1.165) is 15.8 Å². The average Bonchev–Trinajstić information content (AvgIpc) is 2.60. The van der Waals surface area contributed by atoms with Crippen LogP contribution in [0, 0.1) is 0 Å². The minimum atomic E-state index is -0.337. The van der Waals surface area contributed by atoms with Crippen molar-refractivity contribution in [3.05, 3.63) is 58.1 Å². The van der Waals surface area contributed by atoms with Crippen molar-refractivity contribution in [1.82, 2.24) is 5.43 Å². The monoisotopic (exact) mass is 418 g/mol. The number of hydrazone groups is 1. The van der Waals surface area contributed by atoms with Crippen LogP contribution in [-0.4, -0.2) is 25.8 Å². The maximum Gasteiger partial charge on any atom is 0.277 e. The second-order valence-corrected chi connectivity index (χ2v) is 7.61. The van der Waals surface area contributed by atoms with Crippen LogP contribution in [0.25, 0.3) is 0 Å². The zero-order chi connectivity index (χ0) is 19.2. The number of hydrogen-bond donors (Lipinski definition) is 1. The molecule has 2 rings (SSSR count). The molecule has 0 saturated heterocycles. The molecule has 0 saturated carbocycles. The van der Waals surface area contributed by atoms with Crippen LogP contribution in [0.3, 0.4) is 0 Å². The van der Waals surface area contributed by atoms with Crippen LogP contribution < -0.4 is 14.9 Å². The van der Waals surface area contributed by atoms with Gasteiger partial charge >= 0.3 is 0 Å². The van der Waals surface area contributed by atoms with Crippen molar-refractivity contribution in [2.45, 2.75) is 26.2 Å². The van der Waals surface area contributed by atoms with Gasteiger partial charge in [0.2, 0.25) is 0 Å². The molecule has 2 aromatic carbocycles. The van der Waals surface area contributed by atoms with Crippen molar-refractivity contribution < 1.29 is 14.3 Å².